The molecule has 7 heteroatoms. The molecule has 0 saturated carbocycles. The molecule has 1 aliphatic heterocycles. The van der Waals surface area contributed by atoms with Crippen LogP contribution >= 0.6 is 0 Å². The van der Waals surface area contributed by atoms with E-state index in [1.54, 1.807) is 30.3 Å². The fourth-order valence-corrected chi connectivity index (χ4v) is 4.58. The number of aliphatic hydroxyl groups excluding tert-OH is 1. The number of anilines is 1. The average molecular weight is 401 g/mol. The number of carbonyl (C=O) groups excluding carboxylic acids is 1. The number of hydrogen-bond donors (Lipinski definition) is 1. The van der Waals surface area contributed by atoms with Crippen LogP contribution in [0, 0.1) is 6.92 Å². The van der Waals surface area contributed by atoms with Crippen LogP contribution in [0.5, 0.6) is 0 Å². The highest BCUT2D eigenvalue weighted by atomic mass is 32.2. The maximum atomic E-state index is 12.9. The molecule has 3 rings (SSSR count). The van der Waals surface area contributed by atoms with Gasteiger partial charge in [-0.3, -0.25) is 4.79 Å². The van der Waals surface area contributed by atoms with Crippen LogP contribution in [0.2, 0.25) is 0 Å². The molecule has 1 saturated heterocycles. The Balaban J connectivity index is 1.67. The fraction of sp³-hybridized carbons (Fsp3) is 0.286. The summed E-state index contributed by atoms with van der Waals surface area (Å²) in [5.74, 6) is -0.400. The van der Waals surface area contributed by atoms with E-state index in [9.17, 15) is 13.2 Å². The maximum absolute atomic E-state index is 12.9. The number of rotatable bonds is 6. The number of benzene rings is 2. The molecule has 0 radical (unpaired) electrons. The Kier molecular flexibility index (Phi) is 6.28. The summed E-state index contributed by atoms with van der Waals surface area (Å²) in [5.41, 5.74) is 3.00. The molecular weight excluding hydrogens is 376 g/mol. The molecule has 0 bridgehead atoms. The first-order valence-electron chi connectivity index (χ1n) is 9.14. The number of hydrogen-bond acceptors (Lipinski definition) is 5. The van der Waals surface area contributed by atoms with E-state index in [-0.39, 0.29) is 4.90 Å². The van der Waals surface area contributed by atoms with Crippen molar-refractivity contribution in [1.82, 2.24) is 4.31 Å². The Morgan fingerprint density at radius 3 is 2.36 bits per heavy atom. The van der Waals surface area contributed by atoms with Crippen molar-refractivity contribution in [3.8, 4) is 0 Å². The second-order valence-electron chi connectivity index (χ2n) is 6.76. The number of sulfonamides is 1. The number of aliphatic hydroxyl groups is 1. The van der Waals surface area contributed by atoms with Crippen LogP contribution in [0.3, 0.4) is 0 Å². The molecule has 1 N–H and O–H groups in total. The predicted molar refractivity (Wildman–Crippen MR) is 110 cm³/mol. The van der Waals surface area contributed by atoms with Crippen LogP contribution < -0.4 is 4.90 Å². The third kappa shape index (κ3) is 4.67. The summed E-state index contributed by atoms with van der Waals surface area (Å²) >= 11 is 0. The van der Waals surface area contributed by atoms with Gasteiger partial charge >= 0.3 is 0 Å². The standard InChI is InChI=1S/C21H24N2O4S/c1-17-3-2-4-19(15-17)22-11-13-23(14-12-22)28(26,27)21-9-6-18(7-10-21)5-8-20(25)16-24/h2-10,15,24H,11-14,16H2,1H3/b8-5+. The summed E-state index contributed by atoms with van der Waals surface area (Å²) < 4.78 is 27.3. The van der Waals surface area contributed by atoms with Crippen molar-refractivity contribution in [1.29, 1.82) is 0 Å². The van der Waals surface area contributed by atoms with Crippen LogP contribution in [0.25, 0.3) is 6.08 Å². The van der Waals surface area contributed by atoms with Crippen LogP contribution in [0.15, 0.2) is 59.5 Å². The summed E-state index contributed by atoms with van der Waals surface area (Å²) in [6.07, 6.45) is 2.82. The van der Waals surface area contributed by atoms with Gasteiger partial charge in [-0.25, -0.2) is 8.42 Å². The summed E-state index contributed by atoms with van der Waals surface area (Å²) in [7, 11) is -3.55. The molecule has 0 spiro atoms. The van der Waals surface area contributed by atoms with E-state index in [2.05, 4.69) is 11.0 Å². The molecule has 1 heterocycles. The van der Waals surface area contributed by atoms with Gasteiger partial charge in [0.25, 0.3) is 0 Å². The molecule has 2 aromatic carbocycles. The lowest BCUT2D eigenvalue weighted by Gasteiger charge is -2.35. The summed E-state index contributed by atoms with van der Waals surface area (Å²) in [4.78, 5) is 13.6. The lowest BCUT2D eigenvalue weighted by atomic mass is 10.2. The Labute approximate surface area is 165 Å². The second kappa shape index (κ2) is 8.68. The SMILES string of the molecule is Cc1cccc(N2CCN(S(=O)(=O)c3ccc(/C=C/C(=O)CO)cc3)CC2)c1. The first-order chi connectivity index (χ1) is 13.4. The van der Waals surface area contributed by atoms with Gasteiger partial charge in [-0.05, 0) is 48.4 Å². The van der Waals surface area contributed by atoms with Crippen molar-refractivity contribution in [2.24, 2.45) is 0 Å². The molecular formula is C21H24N2O4S. The van der Waals surface area contributed by atoms with E-state index >= 15 is 0 Å². The Morgan fingerprint density at radius 2 is 1.75 bits per heavy atom. The maximum Gasteiger partial charge on any atom is 0.243 e. The molecule has 1 aliphatic rings. The van der Waals surface area contributed by atoms with Gasteiger partial charge in [-0.2, -0.15) is 4.31 Å². The van der Waals surface area contributed by atoms with Crippen molar-refractivity contribution < 1.29 is 18.3 Å². The molecule has 0 aliphatic carbocycles. The van der Waals surface area contributed by atoms with Gasteiger partial charge in [0.1, 0.15) is 6.61 Å². The first kappa shape index (κ1) is 20.3. The molecule has 0 unspecified atom stereocenters. The highest BCUT2D eigenvalue weighted by molar-refractivity contribution is 7.89. The monoisotopic (exact) mass is 400 g/mol. The zero-order valence-corrected chi connectivity index (χ0v) is 16.6. The number of carbonyl (C=O) groups is 1. The van der Waals surface area contributed by atoms with Gasteiger partial charge in [0.2, 0.25) is 10.0 Å². The average Bonchev–Trinajstić information content (AvgIpc) is 2.72. The van der Waals surface area contributed by atoms with Gasteiger partial charge in [0.05, 0.1) is 4.90 Å². The largest absolute Gasteiger partial charge is 0.388 e. The molecule has 148 valence electrons. The van der Waals surface area contributed by atoms with Gasteiger partial charge in [0, 0.05) is 31.9 Å². The smallest absolute Gasteiger partial charge is 0.243 e. The number of piperazine rings is 1. The molecule has 2 aromatic rings. The zero-order chi connectivity index (χ0) is 20.1. The third-order valence-electron chi connectivity index (χ3n) is 4.74. The van der Waals surface area contributed by atoms with E-state index in [1.165, 1.54) is 15.9 Å². The van der Waals surface area contributed by atoms with Gasteiger partial charge in [-0.1, -0.05) is 30.3 Å². The lowest BCUT2D eigenvalue weighted by molar-refractivity contribution is -0.117. The summed E-state index contributed by atoms with van der Waals surface area (Å²) in [6.45, 7) is 3.66. The third-order valence-corrected chi connectivity index (χ3v) is 6.65. The number of ketones is 1. The van der Waals surface area contributed by atoms with Gasteiger partial charge in [0.15, 0.2) is 5.78 Å². The fourth-order valence-electron chi connectivity index (χ4n) is 3.15. The van der Waals surface area contributed by atoms with Crippen molar-refractivity contribution in [3.63, 3.8) is 0 Å². The Bertz CT molecular complexity index is 960. The van der Waals surface area contributed by atoms with Gasteiger partial charge in [-0.15, -0.1) is 0 Å². The molecule has 0 atom stereocenters. The Morgan fingerprint density at radius 1 is 1.07 bits per heavy atom. The quantitative estimate of drug-likeness (QED) is 0.751. The predicted octanol–water partition coefficient (Wildman–Crippen LogP) is 2.08. The van der Waals surface area contributed by atoms with Crippen LogP contribution in [0.1, 0.15) is 11.1 Å². The highest BCUT2D eigenvalue weighted by Gasteiger charge is 2.28. The minimum atomic E-state index is -3.55. The number of aryl methyl sites for hydroxylation is 1. The van der Waals surface area contributed by atoms with Crippen LogP contribution in [-0.2, 0) is 14.8 Å². The zero-order valence-electron chi connectivity index (χ0n) is 15.8. The minimum Gasteiger partial charge on any atom is -0.388 e. The molecule has 6 nitrogen and oxygen atoms in total. The van der Waals surface area contributed by atoms with Crippen LogP contribution in [-0.4, -0.2) is 56.4 Å². The van der Waals surface area contributed by atoms with E-state index in [1.807, 2.05) is 25.1 Å². The number of nitrogens with zero attached hydrogens (tertiary/aromatic N) is 2. The first-order valence-corrected chi connectivity index (χ1v) is 10.6. The summed E-state index contributed by atoms with van der Waals surface area (Å²) in [5, 5.41) is 8.72. The van der Waals surface area contributed by atoms with E-state index in [0.717, 1.165) is 5.69 Å². The van der Waals surface area contributed by atoms with E-state index in [4.69, 9.17) is 5.11 Å². The van der Waals surface area contributed by atoms with Gasteiger partial charge < -0.3 is 10.0 Å². The molecule has 1 fully saturated rings. The van der Waals surface area contributed by atoms with Crippen LogP contribution in [0.4, 0.5) is 5.69 Å². The van der Waals surface area contributed by atoms with E-state index < -0.39 is 22.4 Å². The Hall–Kier alpha value is -2.48. The van der Waals surface area contributed by atoms with E-state index in [0.29, 0.717) is 31.7 Å². The van der Waals surface area contributed by atoms with Crippen molar-refractivity contribution in [3.05, 3.63) is 65.7 Å². The minimum absolute atomic E-state index is 0.238. The highest BCUT2D eigenvalue weighted by Crippen LogP contribution is 2.22. The summed E-state index contributed by atoms with van der Waals surface area (Å²) in [6, 6.07) is 14.6. The topological polar surface area (TPSA) is 77.9 Å². The molecule has 0 aromatic heterocycles. The normalized spacial score (nSPS) is 15.9. The molecule has 0 amide bonds. The van der Waals surface area contributed by atoms with Crippen molar-refractivity contribution >= 4 is 27.6 Å². The van der Waals surface area contributed by atoms with Crippen molar-refractivity contribution in [2.45, 2.75) is 11.8 Å². The second-order valence-corrected chi connectivity index (χ2v) is 8.69. The lowest BCUT2D eigenvalue weighted by Crippen LogP contribution is -2.48. The molecule has 28 heavy (non-hydrogen) atoms. The van der Waals surface area contributed by atoms with Crippen molar-refractivity contribution in [2.75, 3.05) is 37.7 Å².